The van der Waals surface area contributed by atoms with Gasteiger partial charge >= 0.3 is 6.36 Å². The van der Waals surface area contributed by atoms with Crippen molar-refractivity contribution in [1.82, 2.24) is 5.48 Å². The van der Waals surface area contributed by atoms with E-state index in [1.54, 1.807) is 0 Å². The maximum atomic E-state index is 12.0. The fourth-order valence-corrected chi connectivity index (χ4v) is 1.01. The molecule has 0 radical (unpaired) electrons. The van der Waals surface area contributed by atoms with Crippen LogP contribution >= 0.6 is 0 Å². The number of aromatic hydroxyl groups is 1. The van der Waals surface area contributed by atoms with Crippen molar-refractivity contribution in [3.05, 3.63) is 23.8 Å². The van der Waals surface area contributed by atoms with Gasteiger partial charge in [-0.2, -0.15) is 5.10 Å². The fourth-order valence-electron chi connectivity index (χ4n) is 1.01. The van der Waals surface area contributed by atoms with Crippen LogP contribution < -0.4 is 16.0 Å². The van der Waals surface area contributed by atoms with Crippen LogP contribution in [0.1, 0.15) is 5.56 Å². The van der Waals surface area contributed by atoms with Crippen molar-refractivity contribution >= 4 is 12.2 Å². The lowest BCUT2D eigenvalue weighted by molar-refractivity contribution is -0.274. The molecular weight excluding hydrogens is 269 g/mol. The molecule has 0 aliphatic heterocycles. The molecule has 1 aromatic carbocycles. The molecule has 0 unspecified atom stereocenters. The minimum atomic E-state index is -4.84. The number of rotatable bonds is 3. The van der Waals surface area contributed by atoms with Gasteiger partial charge in [0, 0.05) is 5.56 Å². The molecule has 0 aliphatic carbocycles. The predicted octanol–water partition coefficient (Wildman–Crippen LogP) is 0.918. The summed E-state index contributed by atoms with van der Waals surface area (Å²) in [6.45, 7) is 0. The van der Waals surface area contributed by atoms with E-state index in [0.717, 1.165) is 24.4 Å². The summed E-state index contributed by atoms with van der Waals surface area (Å²) < 4.78 is 39.6. The quantitative estimate of drug-likeness (QED) is 0.373. The third-order valence-electron chi connectivity index (χ3n) is 1.71. The van der Waals surface area contributed by atoms with Crippen LogP contribution in [-0.2, 0) is 0 Å². The van der Waals surface area contributed by atoms with E-state index < -0.39 is 18.1 Å². The van der Waals surface area contributed by atoms with Crippen molar-refractivity contribution in [1.29, 1.82) is 0 Å². The van der Waals surface area contributed by atoms with Crippen LogP contribution in [0.4, 0.5) is 13.2 Å². The molecule has 104 valence electrons. The van der Waals surface area contributed by atoms with E-state index in [9.17, 15) is 18.3 Å². The van der Waals surface area contributed by atoms with Crippen molar-refractivity contribution in [2.45, 2.75) is 6.36 Å². The molecule has 0 fully saturated rings. The van der Waals surface area contributed by atoms with Gasteiger partial charge in [-0.05, 0) is 18.2 Å². The zero-order valence-electron chi connectivity index (χ0n) is 9.22. The third-order valence-corrected chi connectivity index (χ3v) is 1.71. The van der Waals surface area contributed by atoms with Gasteiger partial charge in [-0.1, -0.05) is 0 Å². The molecule has 0 aromatic heterocycles. The maximum Gasteiger partial charge on any atom is 0.573 e. The Balaban J connectivity index is 2.92. The highest BCUT2D eigenvalue weighted by Crippen LogP contribution is 2.26. The fraction of sp³-hybridized carbons (Fsp3) is 0.111. The number of nitrogens with two attached hydrogens (primary N) is 1. The van der Waals surface area contributed by atoms with Crippen LogP contribution in [0.3, 0.4) is 0 Å². The van der Waals surface area contributed by atoms with E-state index in [1.165, 1.54) is 5.48 Å². The summed E-state index contributed by atoms with van der Waals surface area (Å²) in [5.74, 6) is -1.29. The minimum Gasteiger partial charge on any atom is -0.507 e. The van der Waals surface area contributed by atoms with E-state index in [1.807, 2.05) is 0 Å². The number of alkyl halides is 3. The van der Waals surface area contributed by atoms with Gasteiger partial charge in [-0.15, -0.1) is 18.3 Å². The Bertz CT molecular complexity index is 502. The number of nitrogens with one attached hydrogen (secondary N) is 1. The predicted molar refractivity (Wildman–Crippen MR) is 58.9 cm³/mol. The standard InChI is InChI=1S/C9H9F3N4O3/c10-9(11,12)19-6-1-2-7(17)5(3-6)4-14-15-8(13)16-18/h1-4,17-18H,(H3,13,15,16)/b14-4+. The number of hydroxylamine groups is 1. The molecule has 0 saturated heterocycles. The Hall–Kier alpha value is -2.49. The first kappa shape index (κ1) is 14.6. The van der Waals surface area contributed by atoms with E-state index in [-0.39, 0.29) is 11.3 Å². The van der Waals surface area contributed by atoms with Crippen LogP contribution in [0.25, 0.3) is 0 Å². The zero-order chi connectivity index (χ0) is 14.5. The summed E-state index contributed by atoms with van der Waals surface area (Å²) in [6.07, 6.45) is -3.91. The molecule has 10 heteroatoms. The molecule has 5 N–H and O–H groups in total. The topological polar surface area (TPSA) is 112 Å². The SMILES string of the molecule is N/C(=N\N=C\c1cc(OC(F)(F)F)ccc1O)NO. The smallest absolute Gasteiger partial charge is 0.507 e. The second-order valence-corrected chi connectivity index (χ2v) is 3.11. The number of halogens is 3. The maximum absolute atomic E-state index is 12.0. The molecule has 7 nitrogen and oxygen atoms in total. The van der Waals surface area contributed by atoms with E-state index in [2.05, 4.69) is 14.9 Å². The Morgan fingerprint density at radius 1 is 1.42 bits per heavy atom. The highest BCUT2D eigenvalue weighted by Gasteiger charge is 2.31. The number of hydrogen-bond donors (Lipinski definition) is 4. The van der Waals surface area contributed by atoms with Gasteiger partial charge in [-0.3, -0.25) is 5.21 Å². The van der Waals surface area contributed by atoms with Gasteiger partial charge in [0.2, 0.25) is 5.96 Å². The van der Waals surface area contributed by atoms with E-state index in [0.29, 0.717) is 0 Å². The highest BCUT2D eigenvalue weighted by molar-refractivity contribution is 5.85. The molecule has 0 spiro atoms. The van der Waals surface area contributed by atoms with Gasteiger partial charge in [0.05, 0.1) is 6.21 Å². The van der Waals surface area contributed by atoms with Crippen LogP contribution in [0.15, 0.2) is 28.4 Å². The lowest BCUT2D eigenvalue weighted by Gasteiger charge is -2.09. The average molecular weight is 278 g/mol. The number of nitrogens with zero attached hydrogens (tertiary/aromatic N) is 2. The third kappa shape index (κ3) is 5.12. The van der Waals surface area contributed by atoms with Crippen molar-refractivity contribution in [3.63, 3.8) is 0 Å². The average Bonchev–Trinajstić information content (AvgIpc) is 2.31. The summed E-state index contributed by atoms with van der Waals surface area (Å²) in [5, 5.41) is 24.2. The molecule has 1 aromatic rings. The summed E-state index contributed by atoms with van der Waals surface area (Å²) in [7, 11) is 0. The van der Waals surface area contributed by atoms with Gasteiger partial charge in [0.15, 0.2) is 0 Å². The molecule has 0 bridgehead atoms. The molecule has 19 heavy (non-hydrogen) atoms. The highest BCUT2D eigenvalue weighted by atomic mass is 19.4. The normalized spacial score (nSPS) is 12.7. The van der Waals surface area contributed by atoms with Crippen molar-refractivity contribution < 1.29 is 28.2 Å². The molecule has 0 atom stereocenters. The molecule has 0 heterocycles. The van der Waals surface area contributed by atoms with Crippen LogP contribution in [0, 0.1) is 0 Å². The lowest BCUT2D eigenvalue weighted by atomic mass is 10.2. The first-order valence-corrected chi connectivity index (χ1v) is 4.67. The summed E-state index contributed by atoms with van der Waals surface area (Å²) in [5.41, 5.74) is 6.44. The van der Waals surface area contributed by atoms with Gasteiger partial charge in [0.25, 0.3) is 0 Å². The number of guanidine groups is 1. The van der Waals surface area contributed by atoms with Crippen LogP contribution in [0.5, 0.6) is 11.5 Å². The molecular formula is C9H9F3N4O3. The van der Waals surface area contributed by atoms with Crippen LogP contribution in [0.2, 0.25) is 0 Å². The van der Waals surface area contributed by atoms with Gasteiger partial charge < -0.3 is 15.6 Å². The second kappa shape index (κ2) is 5.91. The van der Waals surface area contributed by atoms with E-state index in [4.69, 9.17) is 10.9 Å². The molecule has 1 rings (SSSR count). The molecule has 0 aliphatic rings. The number of hydrogen-bond acceptors (Lipinski definition) is 5. The summed E-state index contributed by atoms with van der Waals surface area (Å²) in [6, 6.07) is 2.84. The first-order chi connectivity index (χ1) is 8.81. The summed E-state index contributed by atoms with van der Waals surface area (Å²) in [4.78, 5) is 0. The van der Waals surface area contributed by atoms with Gasteiger partial charge in [-0.25, -0.2) is 5.48 Å². The summed E-state index contributed by atoms with van der Waals surface area (Å²) >= 11 is 0. The first-order valence-electron chi connectivity index (χ1n) is 4.67. The van der Waals surface area contributed by atoms with Crippen molar-refractivity contribution in [2.24, 2.45) is 15.9 Å². The van der Waals surface area contributed by atoms with Crippen molar-refractivity contribution in [3.8, 4) is 11.5 Å². The Kier molecular flexibility index (Phi) is 4.53. The monoisotopic (exact) mass is 278 g/mol. The van der Waals surface area contributed by atoms with Gasteiger partial charge in [0.1, 0.15) is 11.5 Å². The van der Waals surface area contributed by atoms with E-state index >= 15 is 0 Å². The zero-order valence-corrected chi connectivity index (χ0v) is 9.22. The molecule has 0 amide bonds. The Labute approximate surface area is 104 Å². The minimum absolute atomic E-state index is 0.0729. The number of ether oxygens (including phenoxy) is 1. The Morgan fingerprint density at radius 2 is 2.11 bits per heavy atom. The Morgan fingerprint density at radius 3 is 2.68 bits per heavy atom. The largest absolute Gasteiger partial charge is 0.573 e. The number of phenols is 1. The van der Waals surface area contributed by atoms with Crippen LogP contribution in [-0.4, -0.2) is 28.9 Å². The molecule has 0 saturated carbocycles. The second-order valence-electron chi connectivity index (χ2n) is 3.11. The van der Waals surface area contributed by atoms with Crippen molar-refractivity contribution in [2.75, 3.05) is 0 Å². The lowest BCUT2D eigenvalue weighted by Crippen LogP contribution is -2.27. The number of phenolic OH excluding ortho intramolecular Hbond substituents is 1. The number of benzene rings is 1.